The molecule has 2 aliphatic carbocycles. The molecule has 0 spiro atoms. The summed E-state index contributed by atoms with van der Waals surface area (Å²) >= 11 is 3.15. The van der Waals surface area contributed by atoms with Gasteiger partial charge in [0.05, 0.1) is 77.1 Å². The van der Waals surface area contributed by atoms with E-state index in [2.05, 4.69) is 15.1 Å². The number of carbonyl (C=O) groups excluding carboxylic acids is 2. The van der Waals surface area contributed by atoms with Gasteiger partial charge in [0.1, 0.15) is 34.4 Å². The Hall–Kier alpha value is -9.14. The molecule has 10 aromatic rings. The molecular weight excluding hydrogens is 1070 g/mol. The third-order valence-electron chi connectivity index (χ3n) is 14.2. The topological polar surface area (TPSA) is 191 Å². The lowest BCUT2D eigenvalue weighted by Gasteiger charge is -2.21. The smallest absolute Gasteiger partial charge is 0.232 e. The van der Waals surface area contributed by atoms with E-state index in [1.165, 1.54) is 0 Å². The summed E-state index contributed by atoms with van der Waals surface area (Å²) in [6.45, 7) is 9.97. The van der Waals surface area contributed by atoms with E-state index >= 15 is 0 Å². The Kier molecular flexibility index (Phi) is 15.7. The lowest BCUT2D eigenvalue weighted by atomic mass is 9.84. The van der Waals surface area contributed by atoms with Gasteiger partial charge >= 0.3 is 0 Å². The molecule has 82 heavy (non-hydrogen) atoms. The van der Waals surface area contributed by atoms with Crippen LogP contribution >= 0.6 is 22.7 Å². The Bertz CT molecular complexity index is 3910. The van der Waals surface area contributed by atoms with Gasteiger partial charge < -0.3 is 18.9 Å². The van der Waals surface area contributed by atoms with Crippen molar-refractivity contribution in [1.82, 2.24) is 49.5 Å². The van der Waals surface area contributed by atoms with Crippen molar-refractivity contribution >= 4 is 56.4 Å². The van der Waals surface area contributed by atoms with Crippen LogP contribution in [-0.4, -0.2) is 89.5 Å². The van der Waals surface area contributed by atoms with Crippen molar-refractivity contribution < 1.29 is 28.5 Å². The van der Waals surface area contributed by atoms with Crippen molar-refractivity contribution in [1.29, 1.82) is 0 Å². The zero-order chi connectivity index (χ0) is 57.1. The highest BCUT2D eigenvalue weighted by Gasteiger charge is 2.40. The summed E-state index contributed by atoms with van der Waals surface area (Å²) in [7, 11) is 6.61. The predicted octanol–water partition coefficient (Wildman–Crippen LogP) is 11.9. The highest BCUT2D eigenvalue weighted by atomic mass is 32.1. The molecule has 6 aromatic heterocycles. The summed E-state index contributed by atoms with van der Waals surface area (Å²) in [6, 6.07) is 35.3. The zero-order valence-electron chi connectivity index (χ0n) is 46.8. The molecule has 0 fully saturated rings. The largest absolute Gasteiger partial charge is 0.497 e. The third kappa shape index (κ3) is 11.8. The molecule has 0 saturated carbocycles. The molecule has 4 aromatic carbocycles. The van der Waals surface area contributed by atoms with Crippen LogP contribution < -0.4 is 28.7 Å². The van der Waals surface area contributed by atoms with Crippen molar-refractivity contribution in [3.63, 3.8) is 0 Å². The first-order valence-corrected chi connectivity index (χ1v) is 28.3. The molecule has 0 bridgehead atoms. The summed E-state index contributed by atoms with van der Waals surface area (Å²) in [5.41, 5.74) is 9.39. The molecule has 0 radical (unpaired) electrons. The molecule has 20 heteroatoms. The number of anilines is 4. The number of nitrogens with zero attached hydrogens (tertiary/aromatic N) is 12. The van der Waals surface area contributed by atoms with Gasteiger partial charge in [-0.15, -0.1) is 22.7 Å². The molecule has 0 N–H and O–H groups in total. The highest BCUT2D eigenvalue weighted by molar-refractivity contribution is 7.16. The van der Waals surface area contributed by atoms with E-state index in [4.69, 9.17) is 44.0 Å². The maximum Gasteiger partial charge on any atom is 0.232 e. The molecule has 0 unspecified atom stereocenters. The Morgan fingerprint density at radius 2 is 0.902 bits per heavy atom. The van der Waals surface area contributed by atoms with E-state index in [1.54, 1.807) is 63.5 Å². The number of methoxy groups -OCH3 is 4. The van der Waals surface area contributed by atoms with Gasteiger partial charge in [-0.3, -0.25) is 28.8 Å². The standard InChI is InChI=1S/C32H32N6O3S.C30H28N6O3S/c1-20-14-15-33-30(34-20)38(18-22-8-12-24(41-5)13-9-22)31-35-27-25-19-37(17-21-6-10-23(40-4)11-7-21)36-28(25)29(39)32(2,3)16-26(27)42-31;1-19-14-15-31-29(32-19)36(17-21-6-10-23(39-3)11-7-21)30-33-28-24-18-35(16-20-4-8-22(38-2)9-5-20)34-27(24)25(37)12-13-26(28)40-30/h6-15,19H,16-18H2,1-5H3;4-11,14-15,18H,12-13,16-17H2,1-3H3. The zero-order valence-corrected chi connectivity index (χ0v) is 48.4. The van der Waals surface area contributed by atoms with E-state index in [0.29, 0.717) is 68.7 Å². The summed E-state index contributed by atoms with van der Waals surface area (Å²) in [6.07, 6.45) is 8.98. The number of benzene rings is 4. The maximum absolute atomic E-state index is 13.7. The van der Waals surface area contributed by atoms with Crippen LogP contribution in [0.5, 0.6) is 23.0 Å². The molecule has 416 valence electrons. The van der Waals surface area contributed by atoms with Crippen molar-refractivity contribution in [2.45, 2.75) is 73.1 Å². The lowest BCUT2D eigenvalue weighted by molar-refractivity contribution is 0.0834. The second-order valence-electron chi connectivity index (χ2n) is 20.6. The molecular formula is C62H60N12O6S2. The first-order valence-electron chi connectivity index (χ1n) is 26.6. The third-order valence-corrected chi connectivity index (χ3v) is 16.4. The first-order chi connectivity index (χ1) is 39.7. The number of Topliss-reactive ketones (excluding diaryl/α,β-unsaturated/α-hetero) is 2. The monoisotopic (exact) mass is 1130 g/mol. The van der Waals surface area contributed by atoms with Crippen LogP contribution in [0.1, 0.15) is 84.6 Å². The Balaban J connectivity index is 0.000000172. The van der Waals surface area contributed by atoms with Gasteiger partial charge in [-0.1, -0.05) is 62.4 Å². The number of hydrogen-bond donors (Lipinski definition) is 0. The van der Waals surface area contributed by atoms with Crippen LogP contribution in [0.4, 0.5) is 22.2 Å². The average Bonchev–Trinajstić information content (AvgIpc) is 4.50. The summed E-state index contributed by atoms with van der Waals surface area (Å²) in [5.74, 6) is 4.39. The number of ketones is 2. The molecule has 0 amide bonds. The second-order valence-corrected chi connectivity index (χ2v) is 22.7. The number of ether oxygens (including phenoxy) is 4. The van der Waals surface area contributed by atoms with E-state index in [0.717, 1.165) is 99.2 Å². The minimum atomic E-state index is -0.635. The van der Waals surface area contributed by atoms with Crippen molar-refractivity contribution in [3.8, 4) is 45.5 Å². The van der Waals surface area contributed by atoms with Crippen LogP contribution in [0.3, 0.4) is 0 Å². The average molecular weight is 1130 g/mol. The molecule has 0 atom stereocenters. The van der Waals surface area contributed by atoms with E-state index in [-0.39, 0.29) is 11.6 Å². The SMILES string of the molecule is COc1ccc(CN(c2nccc(C)n2)c2nc3c(s2)CC(C)(C)C(=O)c2nn(Cc4ccc(OC)cc4)cc2-3)cc1.COc1ccc(CN(c2nccc(C)n2)c2nc3c(s2)CCC(=O)c2nn(Cc4ccc(OC)cc4)cc2-3)cc1. The Morgan fingerprint density at radius 1 is 0.500 bits per heavy atom. The summed E-state index contributed by atoms with van der Waals surface area (Å²) in [5, 5.41) is 11.0. The number of aryl methyl sites for hydroxylation is 3. The van der Waals surface area contributed by atoms with Crippen LogP contribution in [0.25, 0.3) is 22.5 Å². The number of rotatable bonds is 16. The summed E-state index contributed by atoms with van der Waals surface area (Å²) < 4.78 is 24.9. The summed E-state index contributed by atoms with van der Waals surface area (Å²) in [4.78, 5) is 61.7. The fourth-order valence-corrected chi connectivity index (χ4v) is 12.1. The quantitative estimate of drug-likeness (QED) is 0.0887. The molecule has 0 aliphatic heterocycles. The van der Waals surface area contributed by atoms with Crippen molar-refractivity contribution in [2.75, 3.05) is 38.2 Å². The van der Waals surface area contributed by atoms with Gasteiger partial charge in [0.2, 0.25) is 11.9 Å². The Labute approximate surface area is 483 Å². The molecule has 12 rings (SSSR count). The fraction of sp³-hybridized carbons (Fsp3) is 0.258. The van der Waals surface area contributed by atoms with E-state index in [9.17, 15) is 9.59 Å². The molecule has 6 heterocycles. The predicted molar refractivity (Wildman–Crippen MR) is 317 cm³/mol. The van der Waals surface area contributed by atoms with E-state index in [1.807, 2.05) is 168 Å². The highest BCUT2D eigenvalue weighted by Crippen LogP contribution is 2.45. The molecule has 2 aliphatic rings. The van der Waals surface area contributed by atoms with Gasteiger partial charge in [0, 0.05) is 57.8 Å². The fourth-order valence-electron chi connectivity index (χ4n) is 9.73. The second kappa shape index (κ2) is 23.5. The number of aromatic nitrogens is 10. The minimum Gasteiger partial charge on any atom is -0.497 e. The molecule has 18 nitrogen and oxygen atoms in total. The van der Waals surface area contributed by atoms with Gasteiger partial charge in [0.15, 0.2) is 21.8 Å². The van der Waals surface area contributed by atoms with Crippen LogP contribution in [0, 0.1) is 19.3 Å². The Morgan fingerprint density at radius 3 is 1.34 bits per heavy atom. The van der Waals surface area contributed by atoms with E-state index < -0.39 is 5.41 Å². The number of hydrogen-bond acceptors (Lipinski definition) is 18. The van der Waals surface area contributed by atoms with Gasteiger partial charge in [-0.25, -0.2) is 29.9 Å². The van der Waals surface area contributed by atoms with Crippen LogP contribution in [0.15, 0.2) is 134 Å². The first kappa shape index (κ1) is 54.8. The van der Waals surface area contributed by atoms with Gasteiger partial charge in [0.25, 0.3) is 0 Å². The number of fused-ring (bicyclic) bond motifs is 6. The normalized spacial score (nSPS) is 13.1. The molecule has 0 saturated heterocycles. The van der Waals surface area contributed by atoms with Crippen molar-refractivity contribution in [3.05, 3.63) is 189 Å². The minimum absolute atomic E-state index is 0.0230. The van der Waals surface area contributed by atoms with Gasteiger partial charge in [-0.2, -0.15) is 10.2 Å². The number of carbonyl (C=O) groups is 2. The lowest BCUT2D eigenvalue weighted by Crippen LogP contribution is -2.26. The van der Waals surface area contributed by atoms with Gasteiger partial charge in [-0.05, 0) is 110 Å². The van der Waals surface area contributed by atoms with Crippen LogP contribution in [-0.2, 0) is 39.0 Å². The van der Waals surface area contributed by atoms with Crippen LogP contribution in [0.2, 0.25) is 0 Å². The number of thiazole rings is 2. The van der Waals surface area contributed by atoms with Crippen molar-refractivity contribution in [2.24, 2.45) is 5.41 Å². The maximum atomic E-state index is 13.7.